The largest absolute Gasteiger partial charge is 0.393 e. The molecule has 0 atom stereocenters. The van der Waals surface area contributed by atoms with E-state index >= 15 is 0 Å². The van der Waals surface area contributed by atoms with Crippen molar-refractivity contribution in [2.24, 2.45) is 11.8 Å². The van der Waals surface area contributed by atoms with E-state index in [0.29, 0.717) is 0 Å². The van der Waals surface area contributed by atoms with Crippen LogP contribution in [0.25, 0.3) is 0 Å². The molecule has 276 valence electrons. The lowest BCUT2D eigenvalue weighted by Crippen LogP contribution is -2.14. The minimum Gasteiger partial charge on any atom is -0.393 e. The number of hydrogen-bond acceptors (Lipinski definition) is 6. The van der Waals surface area contributed by atoms with Gasteiger partial charge in [0.15, 0.2) is 0 Å². The Bertz CT molecular complexity index is 697. The van der Waals surface area contributed by atoms with Crippen molar-refractivity contribution in [2.75, 3.05) is 0 Å². The van der Waals surface area contributed by atoms with E-state index in [1.165, 1.54) is 128 Å². The fourth-order valence-corrected chi connectivity index (χ4v) is 6.01. The standard InChI is InChI=1S/C41H76O6/c1-36(2)30-25-21-17-13-9-5-7-11-15-19-23-27-32-38(42)46-40(44)34-29-35-41(45)47-39(43)33-28-24-20-16-12-8-6-10-14-18-22-26-31-37(3)4/h36-37H,5-35H2,1-4H3. The molecule has 6 heteroatoms. The lowest BCUT2D eigenvalue weighted by molar-refractivity contribution is -0.159. The first-order valence-electron chi connectivity index (χ1n) is 20.2. The minimum absolute atomic E-state index is 0.0364. The van der Waals surface area contributed by atoms with Gasteiger partial charge in [0.05, 0.1) is 0 Å². The van der Waals surface area contributed by atoms with Crippen molar-refractivity contribution in [3.8, 4) is 0 Å². The molecule has 0 saturated heterocycles. The lowest BCUT2D eigenvalue weighted by atomic mass is 10.0. The Balaban J connectivity index is 3.50. The van der Waals surface area contributed by atoms with Gasteiger partial charge in [-0.3, -0.25) is 19.2 Å². The SMILES string of the molecule is CC(C)CCCCCCCCCCCCCCC(=O)OC(=O)CCCC(=O)OC(=O)CCCCCCCCCCCCCCC(C)C. The molecule has 0 fully saturated rings. The topological polar surface area (TPSA) is 86.7 Å². The van der Waals surface area contributed by atoms with Gasteiger partial charge >= 0.3 is 23.9 Å². The van der Waals surface area contributed by atoms with Crippen molar-refractivity contribution in [3.05, 3.63) is 0 Å². The Labute approximate surface area is 290 Å². The number of ether oxygens (including phenoxy) is 2. The second-order valence-corrected chi connectivity index (χ2v) is 14.9. The lowest BCUT2D eigenvalue weighted by Gasteiger charge is -2.05. The molecule has 0 aliphatic rings. The summed E-state index contributed by atoms with van der Waals surface area (Å²) in [5, 5.41) is 0. The van der Waals surface area contributed by atoms with Crippen LogP contribution in [0.1, 0.15) is 227 Å². The third-order valence-electron chi connectivity index (χ3n) is 9.04. The van der Waals surface area contributed by atoms with Crippen LogP contribution < -0.4 is 0 Å². The Hall–Kier alpha value is -1.72. The zero-order valence-corrected chi connectivity index (χ0v) is 31.5. The van der Waals surface area contributed by atoms with Crippen LogP contribution in [0, 0.1) is 11.8 Å². The van der Waals surface area contributed by atoms with Crippen LogP contribution in [-0.2, 0) is 28.7 Å². The van der Waals surface area contributed by atoms with Crippen molar-refractivity contribution in [3.63, 3.8) is 0 Å². The molecule has 6 nitrogen and oxygen atoms in total. The van der Waals surface area contributed by atoms with Gasteiger partial charge in [-0.1, -0.05) is 182 Å². The second-order valence-electron chi connectivity index (χ2n) is 14.9. The highest BCUT2D eigenvalue weighted by Gasteiger charge is 2.14. The van der Waals surface area contributed by atoms with Gasteiger partial charge in [-0.25, -0.2) is 0 Å². The normalized spacial score (nSPS) is 11.4. The van der Waals surface area contributed by atoms with Gasteiger partial charge < -0.3 is 9.47 Å². The Morgan fingerprint density at radius 1 is 0.298 bits per heavy atom. The van der Waals surface area contributed by atoms with Crippen LogP contribution in [-0.4, -0.2) is 23.9 Å². The number of unbranched alkanes of at least 4 members (excludes halogenated alkanes) is 22. The molecule has 0 bridgehead atoms. The minimum atomic E-state index is -0.619. The van der Waals surface area contributed by atoms with Crippen LogP contribution in [0.5, 0.6) is 0 Å². The number of esters is 4. The molecule has 0 aliphatic heterocycles. The van der Waals surface area contributed by atoms with Crippen molar-refractivity contribution < 1.29 is 28.7 Å². The van der Waals surface area contributed by atoms with E-state index in [1.54, 1.807) is 0 Å². The molecular formula is C41H76O6. The summed E-state index contributed by atoms with van der Waals surface area (Å²) < 4.78 is 9.74. The van der Waals surface area contributed by atoms with Gasteiger partial charge in [0.2, 0.25) is 0 Å². The molecule has 0 aromatic heterocycles. The Morgan fingerprint density at radius 2 is 0.489 bits per heavy atom. The second kappa shape index (κ2) is 34.2. The number of carbonyl (C=O) groups is 4. The summed E-state index contributed by atoms with van der Waals surface area (Å²) in [5.74, 6) is -0.574. The molecule has 0 N–H and O–H groups in total. The van der Waals surface area contributed by atoms with E-state index < -0.39 is 23.9 Å². The number of rotatable bonds is 34. The van der Waals surface area contributed by atoms with Crippen molar-refractivity contribution in [1.82, 2.24) is 0 Å². The fourth-order valence-electron chi connectivity index (χ4n) is 6.01. The first kappa shape index (κ1) is 45.3. The Kier molecular flexibility index (Phi) is 32.9. The average molecular weight is 665 g/mol. The van der Waals surface area contributed by atoms with Gasteiger partial charge in [0.1, 0.15) is 0 Å². The quantitative estimate of drug-likeness (QED) is 0.0386. The van der Waals surface area contributed by atoms with E-state index in [0.717, 1.165) is 50.4 Å². The predicted octanol–water partition coefficient (Wildman–Crippen LogP) is 12.5. The average Bonchev–Trinajstić information content (AvgIpc) is 3.01. The van der Waals surface area contributed by atoms with E-state index in [1.807, 2.05) is 0 Å². The van der Waals surface area contributed by atoms with E-state index in [-0.39, 0.29) is 32.1 Å². The van der Waals surface area contributed by atoms with E-state index in [4.69, 9.17) is 9.47 Å². The predicted molar refractivity (Wildman–Crippen MR) is 195 cm³/mol. The maximum absolute atomic E-state index is 11.9. The monoisotopic (exact) mass is 665 g/mol. The number of carbonyl (C=O) groups excluding carboxylic acids is 4. The van der Waals surface area contributed by atoms with Gasteiger partial charge in [-0.15, -0.1) is 0 Å². The molecule has 0 saturated carbocycles. The zero-order valence-electron chi connectivity index (χ0n) is 31.5. The smallest absolute Gasteiger partial charge is 0.313 e. The molecule has 0 amide bonds. The molecule has 0 spiro atoms. The number of hydrogen-bond donors (Lipinski definition) is 0. The van der Waals surface area contributed by atoms with Gasteiger partial charge in [-0.2, -0.15) is 0 Å². The van der Waals surface area contributed by atoms with Crippen LogP contribution in [0.3, 0.4) is 0 Å². The van der Waals surface area contributed by atoms with Crippen LogP contribution in [0.4, 0.5) is 0 Å². The first-order chi connectivity index (χ1) is 22.7. The van der Waals surface area contributed by atoms with Crippen molar-refractivity contribution in [2.45, 2.75) is 227 Å². The maximum Gasteiger partial charge on any atom is 0.313 e. The van der Waals surface area contributed by atoms with Gasteiger partial charge in [0, 0.05) is 25.7 Å². The highest BCUT2D eigenvalue weighted by Crippen LogP contribution is 2.16. The van der Waals surface area contributed by atoms with Crippen LogP contribution in [0.2, 0.25) is 0 Å². The van der Waals surface area contributed by atoms with Gasteiger partial charge in [-0.05, 0) is 31.1 Å². The third kappa shape index (κ3) is 37.0. The molecule has 0 aromatic rings. The first-order valence-corrected chi connectivity index (χ1v) is 20.2. The summed E-state index contributed by atoms with van der Waals surface area (Å²) in [6, 6.07) is 0. The molecule has 0 unspecified atom stereocenters. The third-order valence-corrected chi connectivity index (χ3v) is 9.04. The summed E-state index contributed by atoms with van der Waals surface area (Å²) in [6.07, 6.45) is 32.8. The summed E-state index contributed by atoms with van der Waals surface area (Å²) in [5.41, 5.74) is 0. The molecule has 0 radical (unpaired) electrons. The molecule has 0 rings (SSSR count). The highest BCUT2D eigenvalue weighted by molar-refractivity contribution is 5.87. The fraction of sp³-hybridized carbons (Fsp3) is 0.902. The molecular weight excluding hydrogens is 588 g/mol. The Morgan fingerprint density at radius 3 is 0.723 bits per heavy atom. The molecule has 0 heterocycles. The van der Waals surface area contributed by atoms with Crippen molar-refractivity contribution >= 4 is 23.9 Å². The highest BCUT2D eigenvalue weighted by atomic mass is 16.6. The maximum atomic E-state index is 11.9. The molecule has 0 aromatic carbocycles. The van der Waals surface area contributed by atoms with E-state index in [9.17, 15) is 19.2 Å². The molecule has 0 aliphatic carbocycles. The summed E-state index contributed by atoms with van der Waals surface area (Å²) in [4.78, 5) is 47.7. The summed E-state index contributed by atoms with van der Waals surface area (Å²) in [6.45, 7) is 9.19. The summed E-state index contributed by atoms with van der Waals surface area (Å²) in [7, 11) is 0. The van der Waals surface area contributed by atoms with E-state index in [2.05, 4.69) is 27.7 Å². The molecule has 47 heavy (non-hydrogen) atoms. The van der Waals surface area contributed by atoms with Crippen LogP contribution >= 0.6 is 0 Å². The summed E-state index contributed by atoms with van der Waals surface area (Å²) >= 11 is 0. The van der Waals surface area contributed by atoms with Crippen LogP contribution in [0.15, 0.2) is 0 Å². The van der Waals surface area contributed by atoms with Crippen molar-refractivity contribution in [1.29, 1.82) is 0 Å². The van der Waals surface area contributed by atoms with Gasteiger partial charge in [0.25, 0.3) is 0 Å². The zero-order chi connectivity index (χ0) is 34.8.